The van der Waals surface area contributed by atoms with E-state index in [1.807, 2.05) is 52.0 Å². The molecular weight excluding hydrogens is 382 g/mol. The van der Waals surface area contributed by atoms with Gasteiger partial charge in [0.15, 0.2) is 5.75 Å². The van der Waals surface area contributed by atoms with E-state index in [-0.39, 0.29) is 17.4 Å². The second kappa shape index (κ2) is 8.92. The van der Waals surface area contributed by atoms with E-state index in [0.717, 1.165) is 11.1 Å². The van der Waals surface area contributed by atoms with Gasteiger partial charge in [0.2, 0.25) is 0 Å². The number of aryl methyl sites for hydroxylation is 1. The Morgan fingerprint density at radius 3 is 2.27 bits per heavy atom. The predicted molar refractivity (Wildman–Crippen MR) is 116 cm³/mol. The van der Waals surface area contributed by atoms with Gasteiger partial charge in [0.05, 0.1) is 6.54 Å². The first-order valence-corrected chi connectivity index (χ1v) is 10.3. The predicted octanol–water partition coefficient (Wildman–Crippen LogP) is 2.96. The highest BCUT2D eigenvalue weighted by atomic mass is 16.6. The van der Waals surface area contributed by atoms with Gasteiger partial charge in [-0.1, -0.05) is 29.8 Å². The summed E-state index contributed by atoms with van der Waals surface area (Å²) in [4.78, 5) is 28.6. The van der Waals surface area contributed by atoms with Gasteiger partial charge in [0.1, 0.15) is 5.60 Å². The molecule has 0 aliphatic carbocycles. The summed E-state index contributed by atoms with van der Waals surface area (Å²) in [5.41, 5.74) is 1.87. The summed E-state index contributed by atoms with van der Waals surface area (Å²) in [6, 6.07) is 9.77. The average molecular weight is 414 g/mol. The van der Waals surface area contributed by atoms with Gasteiger partial charge < -0.3 is 19.3 Å². The molecule has 1 saturated heterocycles. The Morgan fingerprint density at radius 1 is 1.03 bits per heavy atom. The van der Waals surface area contributed by atoms with Crippen LogP contribution in [-0.4, -0.2) is 57.3 Å². The van der Waals surface area contributed by atoms with Gasteiger partial charge >= 0.3 is 6.09 Å². The van der Waals surface area contributed by atoms with Gasteiger partial charge in [0, 0.05) is 44.5 Å². The SMILES string of the molecule is Cc1ccc(Cn2ccc(CN3CCN(C(=O)OC(C)(C)C)CC3)c(O)c2=O)cc1. The maximum absolute atomic E-state index is 12.6. The van der Waals surface area contributed by atoms with Crippen LogP contribution >= 0.6 is 0 Å². The zero-order valence-electron chi connectivity index (χ0n) is 18.2. The first-order chi connectivity index (χ1) is 14.1. The zero-order chi connectivity index (χ0) is 21.9. The van der Waals surface area contributed by atoms with Crippen LogP contribution in [0.5, 0.6) is 5.75 Å². The van der Waals surface area contributed by atoms with E-state index in [1.54, 1.807) is 17.2 Å². The van der Waals surface area contributed by atoms with Crippen molar-refractivity contribution < 1.29 is 14.6 Å². The minimum Gasteiger partial charge on any atom is -0.503 e. The van der Waals surface area contributed by atoms with Gasteiger partial charge in [-0.3, -0.25) is 9.69 Å². The van der Waals surface area contributed by atoms with Crippen LogP contribution in [-0.2, 0) is 17.8 Å². The number of rotatable bonds is 4. The number of pyridine rings is 1. The molecule has 1 aromatic heterocycles. The minimum atomic E-state index is -0.511. The summed E-state index contributed by atoms with van der Waals surface area (Å²) < 4.78 is 6.94. The van der Waals surface area contributed by atoms with Crippen molar-refractivity contribution in [1.29, 1.82) is 0 Å². The molecule has 2 heterocycles. The average Bonchev–Trinajstić information content (AvgIpc) is 2.68. The van der Waals surface area contributed by atoms with E-state index in [9.17, 15) is 14.7 Å². The second-order valence-corrected chi connectivity index (χ2v) is 8.85. The van der Waals surface area contributed by atoms with E-state index < -0.39 is 5.60 Å². The zero-order valence-corrected chi connectivity index (χ0v) is 18.2. The van der Waals surface area contributed by atoms with Crippen molar-refractivity contribution in [1.82, 2.24) is 14.4 Å². The summed E-state index contributed by atoms with van der Waals surface area (Å²) in [5, 5.41) is 10.5. The van der Waals surface area contributed by atoms with E-state index in [0.29, 0.717) is 44.8 Å². The first-order valence-electron chi connectivity index (χ1n) is 10.3. The van der Waals surface area contributed by atoms with Crippen LogP contribution in [0.25, 0.3) is 0 Å². The molecule has 30 heavy (non-hydrogen) atoms. The van der Waals surface area contributed by atoms with Crippen molar-refractivity contribution in [3.63, 3.8) is 0 Å². The molecule has 162 valence electrons. The number of carbonyl (C=O) groups excluding carboxylic acids is 1. The highest BCUT2D eigenvalue weighted by molar-refractivity contribution is 5.68. The third-order valence-corrected chi connectivity index (χ3v) is 5.11. The molecule has 0 bridgehead atoms. The molecule has 0 spiro atoms. The molecule has 2 aromatic rings. The molecule has 7 nitrogen and oxygen atoms in total. The number of amides is 1. The van der Waals surface area contributed by atoms with Crippen LogP contribution < -0.4 is 5.56 Å². The van der Waals surface area contributed by atoms with Crippen molar-refractivity contribution in [2.24, 2.45) is 0 Å². The van der Waals surface area contributed by atoms with Crippen LogP contribution in [0.1, 0.15) is 37.5 Å². The molecule has 1 amide bonds. The number of hydrogen-bond donors (Lipinski definition) is 1. The fourth-order valence-corrected chi connectivity index (χ4v) is 3.40. The third-order valence-electron chi connectivity index (χ3n) is 5.11. The molecule has 1 aliphatic heterocycles. The minimum absolute atomic E-state index is 0.209. The number of aromatic nitrogens is 1. The van der Waals surface area contributed by atoms with Crippen molar-refractivity contribution in [3.05, 3.63) is 63.6 Å². The van der Waals surface area contributed by atoms with Crippen LogP contribution in [0, 0.1) is 6.92 Å². The van der Waals surface area contributed by atoms with Crippen LogP contribution in [0.4, 0.5) is 4.79 Å². The number of carbonyl (C=O) groups is 1. The number of hydrogen-bond acceptors (Lipinski definition) is 5. The first kappa shape index (κ1) is 21.9. The molecule has 1 aliphatic rings. The Kier molecular flexibility index (Phi) is 6.51. The maximum Gasteiger partial charge on any atom is 0.410 e. The van der Waals surface area contributed by atoms with E-state index in [1.165, 1.54) is 4.57 Å². The van der Waals surface area contributed by atoms with Gasteiger partial charge in [-0.05, 0) is 39.3 Å². The van der Waals surface area contributed by atoms with Crippen LogP contribution in [0.15, 0.2) is 41.3 Å². The Hall–Kier alpha value is -2.80. The van der Waals surface area contributed by atoms with Gasteiger partial charge in [-0.25, -0.2) is 4.79 Å². The lowest BCUT2D eigenvalue weighted by atomic mass is 10.1. The summed E-state index contributed by atoms with van der Waals surface area (Å²) in [6.45, 7) is 10.9. The summed E-state index contributed by atoms with van der Waals surface area (Å²) in [7, 11) is 0. The molecule has 0 unspecified atom stereocenters. The second-order valence-electron chi connectivity index (χ2n) is 8.85. The molecule has 1 aromatic carbocycles. The van der Waals surface area contributed by atoms with Crippen LogP contribution in [0.3, 0.4) is 0 Å². The van der Waals surface area contributed by atoms with Crippen molar-refractivity contribution in [3.8, 4) is 5.75 Å². The van der Waals surface area contributed by atoms with Gasteiger partial charge in [-0.15, -0.1) is 0 Å². The monoisotopic (exact) mass is 413 g/mol. The number of ether oxygens (including phenoxy) is 1. The van der Waals surface area contributed by atoms with E-state index in [2.05, 4.69) is 4.90 Å². The molecule has 3 rings (SSSR count). The molecule has 0 saturated carbocycles. The van der Waals surface area contributed by atoms with Crippen molar-refractivity contribution >= 4 is 6.09 Å². The molecule has 1 N–H and O–H groups in total. The summed E-state index contributed by atoms with van der Waals surface area (Å²) >= 11 is 0. The summed E-state index contributed by atoms with van der Waals surface area (Å²) in [5.74, 6) is -0.209. The van der Waals surface area contributed by atoms with Crippen molar-refractivity contribution in [2.75, 3.05) is 26.2 Å². The van der Waals surface area contributed by atoms with Gasteiger partial charge in [0.25, 0.3) is 5.56 Å². The molecule has 1 fully saturated rings. The number of aromatic hydroxyl groups is 1. The molecule has 0 radical (unpaired) electrons. The lowest BCUT2D eigenvalue weighted by Crippen LogP contribution is -2.49. The fraction of sp³-hybridized carbons (Fsp3) is 0.478. The largest absolute Gasteiger partial charge is 0.503 e. The Balaban J connectivity index is 1.60. The standard InChI is InChI=1S/C23H31N3O4/c1-17-5-7-18(8-6-17)15-26-10-9-19(20(27)21(26)28)16-24-11-13-25(14-12-24)22(29)30-23(2,3)4/h5-10,27H,11-16H2,1-4H3. The maximum atomic E-state index is 12.6. The van der Waals surface area contributed by atoms with E-state index in [4.69, 9.17) is 4.74 Å². The molecule has 0 atom stereocenters. The fourth-order valence-electron chi connectivity index (χ4n) is 3.40. The Labute approximate surface area is 177 Å². The molecular formula is C23H31N3O4. The van der Waals surface area contributed by atoms with Gasteiger partial charge in [-0.2, -0.15) is 0 Å². The quantitative estimate of drug-likeness (QED) is 0.834. The highest BCUT2D eigenvalue weighted by Gasteiger charge is 2.26. The van der Waals surface area contributed by atoms with Crippen molar-refractivity contribution in [2.45, 2.75) is 46.4 Å². The highest BCUT2D eigenvalue weighted by Crippen LogP contribution is 2.17. The topological polar surface area (TPSA) is 75.0 Å². The Bertz CT molecular complexity index is 936. The number of nitrogens with zero attached hydrogens (tertiary/aromatic N) is 3. The third kappa shape index (κ3) is 5.63. The number of piperazine rings is 1. The molecule has 7 heteroatoms. The smallest absolute Gasteiger partial charge is 0.410 e. The normalized spacial score (nSPS) is 15.3. The summed E-state index contributed by atoms with van der Waals surface area (Å²) in [6.07, 6.45) is 1.43. The van der Waals surface area contributed by atoms with E-state index >= 15 is 0 Å². The van der Waals surface area contributed by atoms with Crippen LogP contribution in [0.2, 0.25) is 0 Å². The lowest BCUT2D eigenvalue weighted by molar-refractivity contribution is 0.0138. The lowest BCUT2D eigenvalue weighted by Gasteiger charge is -2.35. The Morgan fingerprint density at radius 2 is 1.67 bits per heavy atom. The number of benzene rings is 1.